The number of ether oxygens (including phenoxy) is 3. The topological polar surface area (TPSA) is 47.1 Å². The third-order valence-electron chi connectivity index (χ3n) is 5.89. The Kier molecular flexibility index (Phi) is 6.72. The summed E-state index contributed by atoms with van der Waals surface area (Å²) in [6, 6.07) is 13.1. The number of hydrogen-bond donors (Lipinski definition) is 0. The normalized spacial score (nSPS) is 14.2. The van der Waals surface area contributed by atoms with Crippen molar-refractivity contribution in [2.24, 2.45) is 0 Å². The van der Waals surface area contributed by atoms with Gasteiger partial charge in [-0.2, -0.15) is 13.2 Å². The van der Waals surface area contributed by atoms with Gasteiger partial charge in [0.25, 0.3) is 0 Å². The van der Waals surface area contributed by atoms with E-state index in [1.54, 1.807) is 33.6 Å². The summed E-state index contributed by atoms with van der Waals surface area (Å²) in [5, 5.41) is 0. The Labute approximate surface area is 196 Å². The Morgan fingerprint density at radius 1 is 0.765 bits per heavy atom. The highest BCUT2D eigenvalue weighted by Gasteiger charge is 2.31. The summed E-state index contributed by atoms with van der Waals surface area (Å²) in [7, 11) is 4.70. The van der Waals surface area contributed by atoms with E-state index < -0.39 is 11.7 Å². The quantitative estimate of drug-likeness (QED) is 0.495. The van der Waals surface area contributed by atoms with Gasteiger partial charge in [0, 0.05) is 43.6 Å². The second kappa shape index (κ2) is 9.70. The number of aromatic nitrogens is 1. The molecule has 180 valence electrons. The van der Waals surface area contributed by atoms with Crippen molar-refractivity contribution in [1.82, 2.24) is 4.98 Å². The zero-order chi connectivity index (χ0) is 24.3. The van der Waals surface area contributed by atoms with Gasteiger partial charge >= 0.3 is 6.18 Å². The molecule has 6 nitrogen and oxygen atoms in total. The fourth-order valence-electron chi connectivity index (χ4n) is 4.06. The van der Waals surface area contributed by atoms with Crippen molar-refractivity contribution < 1.29 is 27.4 Å². The molecule has 0 amide bonds. The standard InChI is InChI=1S/C25H26F3N3O3/c1-32-21-13-18(14-22(33-2)24(21)34-3)17-7-8-23(29-16-17)31-11-9-30(10-12-31)20-6-4-5-19(15-20)25(26,27)28/h4-8,13-16H,9-12H2,1-3H3. The molecule has 0 saturated carbocycles. The summed E-state index contributed by atoms with van der Waals surface area (Å²) in [5.74, 6) is 2.47. The number of hydrogen-bond acceptors (Lipinski definition) is 6. The monoisotopic (exact) mass is 473 g/mol. The molecule has 0 bridgehead atoms. The van der Waals surface area contributed by atoms with E-state index in [1.807, 2.05) is 29.2 Å². The lowest BCUT2D eigenvalue weighted by atomic mass is 10.1. The molecule has 0 radical (unpaired) electrons. The molecule has 2 heterocycles. The number of methoxy groups -OCH3 is 3. The van der Waals surface area contributed by atoms with E-state index in [1.165, 1.54) is 12.1 Å². The maximum atomic E-state index is 13.0. The zero-order valence-corrected chi connectivity index (χ0v) is 19.2. The molecule has 1 aliphatic rings. The van der Waals surface area contributed by atoms with Crippen LogP contribution in [-0.4, -0.2) is 52.5 Å². The summed E-state index contributed by atoms with van der Waals surface area (Å²) in [6.45, 7) is 2.54. The number of nitrogens with zero attached hydrogens (tertiary/aromatic N) is 3. The predicted octanol–water partition coefficient (Wildman–Crippen LogP) is 5.12. The minimum atomic E-state index is -4.35. The molecule has 1 fully saturated rings. The van der Waals surface area contributed by atoms with Gasteiger partial charge in [0.05, 0.1) is 26.9 Å². The highest BCUT2D eigenvalue weighted by Crippen LogP contribution is 2.41. The molecule has 34 heavy (non-hydrogen) atoms. The zero-order valence-electron chi connectivity index (χ0n) is 19.2. The first kappa shape index (κ1) is 23.5. The first-order valence-corrected chi connectivity index (χ1v) is 10.8. The van der Waals surface area contributed by atoms with Gasteiger partial charge in [0.2, 0.25) is 5.75 Å². The maximum absolute atomic E-state index is 13.0. The van der Waals surface area contributed by atoms with Crippen LogP contribution in [0.4, 0.5) is 24.7 Å². The summed E-state index contributed by atoms with van der Waals surface area (Å²) in [6.07, 6.45) is -2.56. The van der Waals surface area contributed by atoms with E-state index in [9.17, 15) is 13.2 Å². The molecular formula is C25H26F3N3O3. The van der Waals surface area contributed by atoms with Crippen LogP contribution in [0.15, 0.2) is 54.7 Å². The van der Waals surface area contributed by atoms with Gasteiger partial charge in [-0.05, 0) is 48.0 Å². The fraction of sp³-hybridized carbons (Fsp3) is 0.320. The minimum Gasteiger partial charge on any atom is -0.493 e. The molecule has 0 unspecified atom stereocenters. The summed E-state index contributed by atoms with van der Waals surface area (Å²) >= 11 is 0. The lowest BCUT2D eigenvalue weighted by Gasteiger charge is -2.37. The third-order valence-corrected chi connectivity index (χ3v) is 5.89. The molecule has 2 aromatic carbocycles. The van der Waals surface area contributed by atoms with Crippen molar-refractivity contribution in [3.63, 3.8) is 0 Å². The van der Waals surface area contributed by atoms with Crippen LogP contribution in [0, 0.1) is 0 Å². The maximum Gasteiger partial charge on any atom is 0.416 e. The van der Waals surface area contributed by atoms with Crippen LogP contribution >= 0.6 is 0 Å². The van der Waals surface area contributed by atoms with Gasteiger partial charge in [-0.15, -0.1) is 0 Å². The molecular weight excluding hydrogens is 447 g/mol. The van der Waals surface area contributed by atoms with Crippen LogP contribution in [0.5, 0.6) is 17.2 Å². The second-order valence-corrected chi connectivity index (χ2v) is 7.84. The van der Waals surface area contributed by atoms with E-state index in [4.69, 9.17) is 14.2 Å². The highest BCUT2D eigenvalue weighted by molar-refractivity contribution is 5.71. The van der Waals surface area contributed by atoms with Crippen LogP contribution in [0.3, 0.4) is 0 Å². The van der Waals surface area contributed by atoms with Crippen LogP contribution in [-0.2, 0) is 6.18 Å². The van der Waals surface area contributed by atoms with Gasteiger partial charge in [-0.25, -0.2) is 4.98 Å². The van der Waals surface area contributed by atoms with Crippen LogP contribution in [0.2, 0.25) is 0 Å². The Balaban J connectivity index is 1.46. The smallest absolute Gasteiger partial charge is 0.416 e. The van der Waals surface area contributed by atoms with Gasteiger partial charge < -0.3 is 24.0 Å². The number of alkyl halides is 3. The molecule has 1 saturated heterocycles. The Bertz CT molecular complexity index is 1100. The average molecular weight is 473 g/mol. The van der Waals surface area contributed by atoms with Crippen LogP contribution in [0.1, 0.15) is 5.56 Å². The van der Waals surface area contributed by atoms with Crippen molar-refractivity contribution in [3.05, 3.63) is 60.3 Å². The second-order valence-electron chi connectivity index (χ2n) is 7.84. The average Bonchev–Trinajstić information content (AvgIpc) is 2.87. The number of halogens is 3. The van der Waals surface area contributed by atoms with Gasteiger partial charge in [-0.1, -0.05) is 6.07 Å². The molecule has 0 spiro atoms. The van der Waals surface area contributed by atoms with Crippen molar-refractivity contribution in [1.29, 1.82) is 0 Å². The molecule has 4 rings (SSSR count). The Hall–Kier alpha value is -3.62. The van der Waals surface area contributed by atoms with E-state index >= 15 is 0 Å². The van der Waals surface area contributed by atoms with Crippen LogP contribution < -0.4 is 24.0 Å². The number of piperazine rings is 1. The number of benzene rings is 2. The van der Waals surface area contributed by atoms with Crippen molar-refractivity contribution in [2.75, 3.05) is 57.3 Å². The van der Waals surface area contributed by atoms with Gasteiger partial charge in [0.15, 0.2) is 11.5 Å². The molecule has 0 N–H and O–H groups in total. The summed E-state index contributed by atoms with van der Waals surface area (Å²) in [4.78, 5) is 8.72. The van der Waals surface area contributed by atoms with Crippen molar-refractivity contribution in [2.45, 2.75) is 6.18 Å². The molecule has 1 aromatic heterocycles. The lowest BCUT2D eigenvalue weighted by molar-refractivity contribution is -0.137. The van der Waals surface area contributed by atoms with E-state index in [0.29, 0.717) is 49.1 Å². The van der Waals surface area contributed by atoms with E-state index in [2.05, 4.69) is 9.88 Å². The molecule has 3 aromatic rings. The number of rotatable bonds is 6. The van der Waals surface area contributed by atoms with Crippen LogP contribution in [0.25, 0.3) is 11.1 Å². The fourth-order valence-corrected chi connectivity index (χ4v) is 4.06. The minimum absolute atomic E-state index is 0.525. The van der Waals surface area contributed by atoms with Crippen molar-refractivity contribution >= 4 is 11.5 Å². The van der Waals surface area contributed by atoms with Crippen molar-refractivity contribution in [3.8, 4) is 28.4 Å². The SMILES string of the molecule is COc1cc(-c2ccc(N3CCN(c4cccc(C(F)(F)F)c4)CC3)nc2)cc(OC)c1OC. The first-order valence-electron chi connectivity index (χ1n) is 10.8. The molecule has 1 aliphatic heterocycles. The predicted molar refractivity (Wildman–Crippen MR) is 125 cm³/mol. The Morgan fingerprint density at radius 2 is 1.41 bits per heavy atom. The summed E-state index contributed by atoms with van der Waals surface area (Å²) in [5.41, 5.74) is 1.73. The van der Waals surface area contributed by atoms with Gasteiger partial charge in [-0.3, -0.25) is 0 Å². The van der Waals surface area contributed by atoms with E-state index in [0.717, 1.165) is 23.0 Å². The molecule has 0 atom stereocenters. The van der Waals surface area contributed by atoms with Gasteiger partial charge in [0.1, 0.15) is 5.82 Å². The Morgan fingerprint density at radius 3 is 1.94 bits per heavy atom. The first-order chi connectivity index (χ1) is 16.3. The highest BCUT2D eigenvalue weighted by atomic mass is 19.4. The summed E-state index contributed by atoms with van der Waals surface area (Å²) < 4.78 is 55.4. The van der Waals surface area contributed by atoms with E-state index in [-0.39, 0.29) is 0 Å². The molecule has 9 heteroatoms. The number of anilines is 2. The lowest BCUT2D eigenvalue weighted by Crippen LogP contribution is -2.46. The number of pyridine rings is 1. The largest absolute Gasteiger partial charge is 0.493 e. The molecule has 0 aliphatic carbocycles. The third kappa shape index (κ3) is 4.83.